The first-order chi connectivity index (χ1) is 15.0. The minimum Gasteiger partial charge on any atom is -0.507 e. The highest BCUT2D eigenvalue weighted by atomic mass is 35.5. The van der Waals surface area contributed by atoms with Crippen LogP contribution in [-0.2, 0) is 12.8 Å². The van der Waals surface area contributed by atoms with Crippen LogP contribution < -0.4 is 5.43 Å². The molecule has 0 bridgehead atoms. The first kappa shape index (κ1) is 23.6. The lowest BCUT2D eigenvalue weighted by atomic mass is 9.95. The van der Waals surface area contributed by atoms with Gasteiger partial charge in [0.25, 0.3) is 0 Å². The molecule has 168 valence electrons. The predicted molar refractivity (Wildman–Crippen MR) is 127 cm³/mol. The minimum absolute atomic E-state index is 0.0206. The summed E-state index contributed by atoms with van der Waals surface area (Å²) in [4.78, 5) is 13.3. The van der Waals surface area contributed by atoms with Crippen LogP contribution >= 0.6 is 11.6 Å². The molecule has 0 saturated heterocycles. The van der Waals surface area contributed by atoms with Crippen LogP contribution in [0.4, 0.5) is 4.39 Å². The van der Waals surface area contributed by atoms with Crippen LogP contribution in [0.5, 0.6) is 11.5 Å². The van der Waals surface area contributed by atoms with Gasteiger partial charge in [-0.3, -0.25) is 4.79 Å². The van der Waals surface area contributed by atoms with Gasteiger partial charge in [0, 0.05) is 21.7 Å². The summed E-state index contributed by atoms with van der Waals surface area (Å²) in [6.45, 7) is 9.17. The molecular weight excluding hydrogens is 431 g/mol. The molecule has 32 heavy (non-hydrogen) atoms. The van der Waals surface area contributed by atoms with E-state index in [1.165, 1.54) is 19.1 Å². The summed E-state index contributed by atoms with van der Waals surface area (Å²) in [5.74, 6) is -1.07. The van der Waals surface area contributed by atoms with E-state index < -0.39 is 11.2 Å². The maximum absolute atomic E-state index is 14.6. The number of rotatable bonds is 5. The molecule has 0 saturated carbocycles. The monoisotopic (exact) mass is 456 g/mol. The normalized spacial score (nSPS) is 11.0. The third kappa shape index (κ3) is 4.44. The van der Waals surface area contributed by atoms with Gasteiger partial charge in [-0.2, -0.15) is 0 Å². The fourth-order valence-corrected chi connectivity index (χ4v) is 3.69. The first-order valence-electron chi connectivity index (χ1n) is 10.3. The van der Waals surface area contributed by atoms with E-state index >= 15 is 0 Å². The molecule has 3 aromatic rings. The molecule has 1 heterocycles. The van der Waals surface area contributed by atoms with Crippen LogP contribution in [0.25, 0.3) is 22.3 Å². The molecule has 3 rings (SSSR count). The number of phenolic OH excluding ortho intramolecular Hbond substituents is 2. The molecule has 1 aromatic heterocycles. The van der Waals surface area contributed by atoms with Crippen molar-refractivity contribution in [3.63, 3.8) is 0 Å². The van der Waals surface area contributed by atoms with Gasteiger partial charge < -0.3 is 14.6 Å². The lowest BCUT2D eigenvalue weighted by molar-refractivity contribution is 0.438. The average Bonchev–Trinajstić information content (AvgIpc) is 2.70. The maximum Gasteiger partial charge on any atom is 0.200 e. The van der Waals surface area contributed by atoms with Crippen molar-refractivity contribution in [1.29, 1.82) is 0 Å². The molecule has 0 radical (unpaired) electrons. The average molecular weight is 457 g/mol. The Kier molecular flexibility index (Phi) is 6.79. The Balaban J connectivity index is 2.45. The molecule has 0 aliphatic rings. The molecule has 0 amide bonds. The van der Waals surface area contributed by atoms with Gasteiger partial charge in [-0.1, -0.05) is 34.9 Å². The highest BCUT2D eigenvalue weighted by Gasteiger charge is 2.25. The van der Waals surface area contributed by atoms with Gasteiger partial charge in [0.05, 0.1) is 5.56 Å². The smallest absolute Gasteiger partial charge is 0.200 e. The topological polar surface area (TPSA) is 70.7 Å². The zero-order valence-corrected chi connectivity index (χ0v) is 19.5. The van der Waals surface area contributed by atoms with E-state index in [2.05, 4.69) is 0 Å². The van der Waals surface area contributed by atoms with E-state index in [1.807, 2.05) is 39.8 Å². The van der Waals surface area contributed by atoms with Gasteiger partial charge in [0.15, 0.2) is 5.43 Å². The van der Waals surface area contributed by atoms with Crippen molar-refractivity contribution >= 4 is 22.6 Å². The molecule has 0 aliphatic heterocycles. The summed E-state index contributed by atoms with van der Waals surface area (Å²) in [5, 5.41) is 22.2. The SMILES string of the molecule is CC(C)=CCc1c(O)c(CC=C(C)C)c2oc(-c3ccc(Cl)cc3F)c(C)c(=O)c2c1O. The largest absolute Gasteiger partial charge is 0.507 e. The summed E-state index contributed by atoms with van der Waals surface area (Å²) in [7, 11) is 0. The van der Waals surface area contributed by atoms with Gasteiger partial charge in [-0.15, -0.1) is 0 Å². The number of hydrogen-bond donors (Lipinski definition) is 2. The van der Waals surface area contributed by atoms with Crippen molar-refractivity contribution in [2.75, 3.05) is 0 Å². The summed E-state index contributed by atoms with van der Waals surface area (Å²) < 4.78 is 20.7. The number of allylic oxidation sites excluding steroid dienone is 4. The van der Waals surface area contributed by atoms with E-state index in [-0.39, 0.29) is 62.8 Å². The third-order valence-electron chi connectivity index (χ3n) is 5.31. The second-order valence-electron chi connectivity index (χ2n) is 8.34. The molecule has 0 aliphatic carbocycles. The van der Waals surface area contributed by atoms with Crippen LogP contribution in [0, 0.1) is 12.7 Å². The highest BCUT2D eigenvalue weighted by Crippen LogP contribution is 2.41. The van der Waals surface area contributed by atoms with Gasteiger partial charge >= 0.3 is 0 Å². The highest BCUT2D eigenvalue weighted by molar-refractivity contribution is 6.30. The van der Waals surface area contributed by atoms with E-state index in [0.717, 1.165) is 17.2 Å². The molecule has 0 fully saturated rings. The van der Waals surface area contributed by atoms with Gasteiger partial charge in [0.1, 0.15) is 34.0 Å². The number of benzene rings is 2. The van der Waals surface area contributed by atoms with Crippen LogP contribution in [0.2, 0.25) is 5.02 Å². The number of phenols is 2. The Morgan fingerprint density at radius 2 is 1.62 bits per heavy atom. The van der Waals surface area contributed by atoms with Crippen LogP contribution in [0.1, 0.15) is 44.4 Å². The molecular formula is C26H26ClFO4. The van der Waals surface area contributed by atoms with Crippen LogP contribution in [0.15, 0.2) is 50.7 Å². The Hall–Kier alpha value is -3.05. The van der Waals surface area contributed by atoms with E-state index in [0.29, 0.717) is 5.56 Å². The predicted octanol–water partition coefficient (Wildman–Crippen LogP) is 6.99. The summed E-state index contributed by atoms with van der Waals surface area (Å²) in [5.41, 5.74) is 2.43. The first-order valence-corrected chi connectivity index (χ1v) is 10.7. The second kappa shape index (κ2) is 9.21. The zero-order chi connectivity index (χ0) is 23.7. The summed E-state index contributed by atoms with van der Waals surface area (Å²) in [6.07, 6.45) is 4.28. The van der Waals surface area contributed by atoms with Crippen molar-refractivity contribution in [3.05, 3.63) is 79.3 Å². The Morgan fingerprint density at radius 3 is 2.19 bits per heavy atom. The van der Waals surface area contributed by atoms with Crippen molar-refractivity contribution in [2.24, 2.45) is 0 Å². The molecule has 2 N–H and O–H groups in total. The van der Waals surface area contributed by atoms with Gasteiger partial charge in [-0.05, 0) is 65.7 Å². The minimum atomic E-state index is -0.637. The van der Waals surface area contributed by atoms with E-state index in [1.54, 1.807) is 0 Å². The summed E-state index contributed by atoms with van der Waals surface area (Å²) >= 11 is 5.87. The van der Waals surface area contributed by atoms with Crippen LogP contribution in [-0.4, -0.2) is 10.2 Å². The molecule has 6 heteroatoms. The van der Waals surface area contributed by atoms with Gasteiger partial charge in [-0.25, -0.2) is 4.39 Å². The maximum atomic E-state index is 14.6. The van der Waals surface area contributed by atoms with E-state index in [4.69, 9.17) is 16.0 Å². The summed E-state index contributed by atoms with van der Waals surface area (Å²) in [6, 6.07) is 4.08. The van der Waals surface area contributed by atoms with E-state index in [9.17, 15) is 19.4 Å². The Morgan fingerprint density at radius 1 is 1.03 bits per heavy atom. The van der Waals surface area contributed by atoms with Crippen LogP contribution in [0.3, 0.4) is 0 Å². The number of fused-ring (bicyclic) bond motifs is 1. The molecule has 0 spiro atoms. The Bertz CT molecular complexity index is 1320. The lowest BCUT2D eigenvalue weighted by Gasteiger charge is -2.16. The van der Waals surface area contributed by atoms with Crippen molar-refractivity contribution < 1.29 is 19.0 Å². The Labute approximate surface area is 191 Å². The molecule has 0 unspecified atom stereocenters. The van der Waals surface area contributed by atoms with Crippen molar-refractivity contribution in [1.82, 2.24) is 0 Å². The quantitative estimate of drug-likeness (QED) is 0.406. The van der Waals surface area contributed by atoms with Crippen molar-refractivity contribution in [3.8, 4) is 22.8 Å². The fraction of sp³-hybridized carbons (Fsp3) is 0.269. The standard InChI is InChI=1S/C26H26ClFO4/c1-13(2)6-9-18-23(30)19(10-7-14(3)4)26-21(24(18)31)22(29)15(5)25(32-26)17-11-8-16(27)12-20(17)28/h6-8,11-12,30-31H,9-10H2,1-5H3. The number of halogens is 2. The second-order valence-corrected chi connectivity index (χ2v) is 8.78. The number of hydrogen-bond acceptors (Lipinski definition) is 4. The van der Waals surface area contributed by atoms with Crippen molar-refractivity contribution in [2.45, 2.75) is 47.5 Å². The fourth-order valence-electron chi connectivity index (χ4n) is 3.53. The molecule has 4 nitrogen and oxygen atoms in total. The van der Waals surface area contributed by atoms with Gasteiger partial charge in [0.2, 0.25) is 0 Å². The molecule has 2 aromatic carbocycles. The lowest BCUT2D eigenvalue weighted by Crippen LogP contribution is -2.10. The third-order valence-corrected chi connectivity index (χ3v) is 5.55. The number of aromatic hydroxyl groups is 2. The zero-order valence-electron chi connectivity index (χ0n) is 18.8. The molecule has 0 atom stereocenters.